The van der Waals surface area contributed by atoms with Gasteiger partial charge in [-0.25, -0.2) is 0 Å². The van der Waals surface area contributed by atoms with Crippen LogP contribution in [0, 0.1) is 5.41 Å². The summed E-state index contributed by atoms with van der Waals surface area (Å²) in [5.74, 6) is 0.536. The number of benzene rings is 2. The summed E-state index contributed by atoms with van der Waals surface area (Å²) in [6.45, 7) is 0. The Hall–Kier alpha value is -3.48. The van der Waals surface area contributed by atoms with Crippen molar-refractivity contribution in [2.24, 2.45) is 5.73 Å². The molecule has 0 bridgehead atoms. The van der Waals surface area contributed by atoms with Crippen LogP contribution < -0.4 is 5.73 Å². The molecule has 2 aromatic carbocycles. The minimum Gasteiger partial charge on any atom is -0.469 e. The van der Waals surface area contributed by atoms with Crippen LogP contribution in [-0.2, 0) is 16.0 Å². The third-order valence-corrected chi connectivity index (χ3v) is 3.90. The second-order valence-corrected chi connectivity index (χ2v) is 5.65. The third kappa shape index (κ3) is 3.94. The van der Waals surface area contributed by atoms with Crippen molar-refractivity contribution in [2.45, 2.75) is 12.8 Å². The van der Waals surface area contributed by atoms with Gasteiger partial charge in [-0.2, -0.15) is 0 Å². The monoisotopic (exact) mass is 350 g/mol. The molecule has 0 radical (unpaired) electrons. The molecule has 7 nitrogen and oxygen atoms in total. The maximum Gasteiger partial charge on any atom is 0.306 e. The van der Waals surface area contributed by atoms with Crippen LogP contribution in [0.3, 0.4) is 0 Å². The Balaban J connectivity index is 1.72. The van der Waals surface area contributed by atoms with Gasteiger partial charge in [-0.3, -0.25) is 10.2 Å². The number of hydrogen-bond acceptors (Lipinski definition) is 6. The van der Waals surface area contributed by atoms with Crippen molar-refractivity contribution < 1.29 is 13.9 Å². The molecule has 0 amide bonds. The fourth-order valence-electron chi connectivity index (χ4n) is 2.43. The van der Waals surface area contributed by atoms with Crippen molar-refractivity contribution in [3.05, 3.63) is 60.0 Å². The van der Waals surface area contributed by atoms with Crippen LogP contribution >= 0.6 is 0 Å². The average molecular weight is 350 g/mol. The molecular formula is C19H18N4O3. The lowest BCUT2D eigenvalue weighted by Crippen LogP contribution is -2.10. The number of nitrogens with zero attached hydrogens (tertiary/aromatic N) is 2. The number of esters is 1. The van der Waals surface area contributed by atoms with E-state index in [1.807, 2.05) is 48.5 Å². The molecule has 0 unspecified atom stereocenters. The molecule has 26 heavy (non-hydrogen) atoms. The van der Waals surface area contributed by atoms with Crippen LogP contribution in [-0.4, -0.2) is 29.1 Å². The maximum absolute atomic E-state index is 11.2. The fraction of sp³-hybridized carbons (Fsp3) is 0.158. The highest BCUT2D eigenvalue weighted by molar-refractivity contribution is 5.95. The maximum atomic E-state index is 11.2. The van der Waals surface area contributed by atoms with Crippen molar-refractivity contribution in [1.82, 2.24) is 10.2 Å². The molecular weight excluding hydrogens is 332 g/mol. The molecule has 0 aliphatic carbocycles. The number of ether oxygens (including phenoxy) is 1. The number of methoxy groups -OCH3 is 1. The second-order valence-electron chi connectivity index (χ2n) is 5.65. The summed E-state index contributed by atoms with van der Waals surface area (Å²) in [6.07, 6.45) is 0.549. The quantitative estimate of drug-likeness (QED) is 0.401. The van der Waals surface area contributed by atoms with E-state index >= 15 is 0 Å². The van der Waals surface area contributed by atoms with Crippen molar-refractivity contribution in [2.75, 3.05) is 7.11 Å². The van der Waals surface area contributed by atoms with E-state index in [4.69, 9.17) is 15.6 Å². The molecule has 0 atom stereocenters. The van der Waals surface area contributed by atoms with Gasteiger partial charge in [0.25, 0.3) is 0 Å². The number of rotatable bonds is 6. The molecule has 0 aliphatic rings. The van der Waals surface area contributed by atoms with Crippen LogP contribution in [0.1, 0.15) is 17.9 Å². The highest BCUT2D eigenvalue weighted by atomic mass is 16.5. The van der Waals surface area contributed by atoms with E-state index < -0.39 is 0 Å². The molecule has 132 valence electrons. The van der Waals surface area contributed by atoms with E-state index in [-0.39, 0.29) is 18.2 Å². The minimum absolute atomic E-state index is 0.0475. The summed E-state index contributed by atoms with van der Waals surface area (Å²) in [5.41, 5.74) is 9.00. The predicted octanol–water partition coefficient (Wildman–Crippen LogP) is 2.79. The highest BCUT2D eigenvalue weighted by Crippen LogP contribution is 2.24. The molecule has 3 rings (SSSR count). The number of carbonyl (C=O) groups is 1. The first-order valence-corrected chi connectivity index (χ1v) is 8.01. The highest BCUT2D eigenvalue weighted by Gasteiger charge is 2.11. The van der Waals surface area contributed by atoms with Gasteiger partial charge >= 0.3 is 5.97 Å². The lowest BCUT2D eigenvalue weighted by molar-refractivity contribution is -0.140. The van der Waals surface area contributed by atoms with Gasteiger partial charge in [-0.05, 0) is 23.3 Å². The molecule has 3 aromatic rings. The average Bonchev–Trinajstić information content (AvgIpc) is 3.15. The van der Waals surface area contributed by atoms with Gasteiger partial charge in [0.15, 0.2) is 0 Å². The molecule has 7 heteroatoms. The Labute approximate surface area is 150 Å². The van der Waals surface area contributed by atoms with Gasteiger partial charge in [0, 0.05) is 17.5 Å². The van der Waals surface area contributed by atoms with Crippen LogP contribution in [0.5, 0.6) is 0 Å². The van der Waals surface area contributed by atoms with E-state index in [0.29, 0.717) is 23.8 Å². The van der Waals surface area contributed by atoms with Gasteiger partial charge < -0.3 is 14.9 Å². The second kappa shape index (κ2) is 7.60. The molecule has 3 N–H and O–H groups in total. The molecule has 0 fully saturated rings. The Morgan fingerprint density at radius 3 is 2.19 bits per heavy atom. The fourth-order valence-corrected chi connectivity index (χ4v) is 2.43. The van der Waals surface area contributed by atoms with Crippen LogP contribution in [0.15, 0.2) is 52.9 Å². The number of aromatic nitrogens is 2. The van der Waals surface area contributed by atoms with Gasteiger partial charge in [-0.1, -0.05) is 36.4 Å². The first-order valence-electron chi connectivity index (χ1n) is 8.01. The Morgan fingerprint density at radius 2 is 1.62 bits per heavy atom. The van der Waals surface area contributed by atoms with E-state index in [2.05, 4.69) is 14.9 Å². The summed E-state index contributed by atoms with van der Waals surface area (Å²) in [5, 5.41) is 15.4. The number of nitrogens with two attached hydrogens (primary N) is 1. The van der Waals surface area contributed by atoms with E-state index in [1.165, 1.54) is 7.11 Å². The van der Waals surface area contributed by atoms with Gasteiger partial charge in [0.2, 0.25) is 11.8 Å². The SMILES string of the molecule is COC(=O)CCc1nnc(-c2ccc(-c3ccc(C(=N)N)cc3)cc2)o1. The molecule has 1 aromatic heterocycles. The molecule has 0 aliphatic heterocycles. The van der Waals surface area contributed by atoms with Gasteiger partial charge in [0.1, 0.15) is 5.84 Å². The summed E-state index contributed by atoms with van der Waals surface area (Å²) < 4.78 is 10.2. The molecule has 1 heterocycles. The van der Waals surface area contributed by atoms with Crippen LogP contribution in [0.2, 0.25) is 0 Å². The molecule has 0 spiro atoms. The summed E-state index contributed by atoms with van der Waals surface area (Å²) in [6, 6.07) is 15.2. The Kier molecular flexibility index (Phi) is 5.07. The first kappa shape index (κ1) is 17.3. The summed E-state index contributed by atoms with van der Waals surface area (Å²) in [4.78, 5) is 11.2. The van der Waals surface area contributed by atoms with E-state index in [0.717, 1.165) is 16.7 Å². The van der Waals surface area contributed by atoms with Crippen molar-refractivity contribution in [1.29, 1.82) is 5.41 Å². The zero-order valence-corrected chi connectivity index (χ0v) is 14.2. The normalized spacial score (nSPS) is 10.5. The predicted molar refractivity (Wildman–Crippen MR) is 96.5 cm³/mol. The number of amidine groups is 1. The summed E-state index contributed by atoms with van der Waals surface area (Å²) in [7, 11) is 1.34. The third-order valence-electron chi connectivity index (χ3n) is 3.90. The largest absolute Gasteiger partial charge is 0.469 e. The number of hydrogen-bond donors (Lipinski definition) is 2. The van der Waals surface area contributed by atoms with E-state index in [1.54, 1.807) is 0 Å². The van der Waals surface area contributed by atoms with Gasteiger partial charge in [-0.15, -0.1) is 10.2 Å². The topological polar surface area (TPSA) is 115 Å². The number of carbonyl (C=O) groups excluding carboxylic acids is 1. The lowest BCUT2D eigenvalue weighted by Gasteiger charge is -2.04. The number of aryl methyl sites for hydroxylation is 1. The zero-order valence-electron chi connectivity index (χ0n) is 14.2. The Morgan fingerprint density at radius 1 is 1.04 bits per heavy atom. The van der Waals surface area contributed by atoms with Crippen molar-refractivity contribution in [3.8, 4) is 22.6 Å². The number of nitrogen functional groups attached to an aromatic ring is 1. The Bertz CT molecular complexity index is 915. The lowest BCUT2D eigenvalue weighted by atomic mass is 10.0. The van der Waals surface area contributed by atoms with E-state index in [9.17, 15) is 4.79 Å². The zero-order chi connectivity index (χ0) is 18.5. The smallest absolute Gasteiger partial charge is 0.306 e. The van der Waals surface area contributed by atoms with Crippen LogP contribution in [0.25, 0.3) is 22.6 Å². The standard InChI is InChI=1S/C19H18N4O3/c1-25-17(24)11-10-16-22-23-19(26-16)15-8-4-13(5-9-15)12-2-6-14(7-3-12)18(20)21/h2-9H,10-11H2,1H3,(H3,20,21). The molecule has 0 saturated carbocycles. The first-order chi connectivity index (χ1) is 12.6. The number of nitrogens with one attached hydrogen (secondary N) is 1. The van der Waals surface area contributed by atoms with Crippen molar-refractivity contribution in [3.63, 3.8) is 0 Å². The minimum atomic E-state index is -0.315. The summed E-state index contributed by atoms with van der Waals surface area (Å²) >= 11 is 0. The van der Waals surface area contributed by atoms with Crippen LogP contribution in [0.4, 0.5) is 0 Å². The molecule has 0 saturated heterocycles. The van der Waals surface area contributed by atoms with Crippen molar-refractivity contribution >= 4 is 11.8 Å². The van der Waals surface area contributed by atoms with Gasteiger partial charge in [0.05, 0.1) is 13.5 Å².